The van der Waals surface area contributed by atoms with E-state index in [4.69, 9.17) is 9.47 Å². The van der Waals surface area contributed by atoms with Crippen molar-refractivity contribution in [2.75, 3.05) is 0 Å². The molecule has 3 unspecified atom stereocenters. The molecule has 1 aliphatic heterocycles. The number of benzene rings is 1. The van der Waals surface area contributed by atoms with Crippen LogP contribution in [0.2, 0.25) is 0 Å². The average Bonchev–Trinajstić information content (AvgIpc) is 2.25. The van der Waals surface area contributed by atoms with Crippen LogP contribution in [0.5, 0.6) is 5.75 Å². The number of hydrogen-bond donors (Lipinski definition) is 1. The Morgan fingerprint density at radius 2 is 2.25 bits per heavy atom. The number of ketones is 1. The van der Waals surface area contributed by atoms with E-state index in [0.29, 0.717) is 16.9 Å². The predicted octanol–water partition coefficient (Wildman–Crippen LogP) is 1.43. The summed E-state index contributed by atoms with van der Waals surface area (Å²) < 4.78 is 11.0. The van der Waals surface area contributed by atoms with E-state index < -0.39 is 18.5 Å². The predicted molar refractivity (Wildman–Crippen MR) is 55.3 cm³/mol. The molecule has 3 rings (SSSR count). The maximum atomic E-state index is 11.7. The highest BCUT2D eigenvalue weighted by Gasteiger charge is 2.40. The van der Waals surface area contributed by atoms with Crippen LogP contribution >= 0.6 is 0 Å². The van der Waals surface area contributed by atoms with Crippen molar-refractivity contribution in [1.29, 1.82) is 0 Å². The molecule has 0 saturated heterocycles. The van der Waals surface area contributed by atoms with Crippen molar-refractivity contribution < 1.29 is 19.4 Å². The quantitative estimate of drug-likeness (QED) is 0.718. The summed E-state index contributed by atoms with van der Waals surface area (Å²) in [6.07, 6.45) is -1.48. The summed E-state index contributed by atoms with van der Waals surface area (Å²) in [7, 11) is 0. The van der Waals surface area contributed by atoms with Crippen LogP contribution in [0.4, 0.5) is 0 Å². The second kappa shape index (κ2) is 3.30. The third kappa shape index (κ3) is 1.27. The fourth-order valence-electron chi connectivity index (χ4n) is 2.35. The lowest BCUT2D eigenvalue weighted by molar-refractivity contribution is -0.164. The van der Waals surface area contributed by atoms with Gasteiger partial charge in [-0.25, -0.2) is 0 Å². The van der Waals surface area contributed by atoms with E-state index >= 15 is 0 Å². The van der Waals surface area contributed by atoms with Crippen molar-refractivity contribution >= 4 is 5.78 Å². The van der Waals surface area contributed by atoms with Crippen molar-refractivity contribution in [3.8, 4) is 5.75 Å². The highest BCUT2D eigenvalue weighted by molar-refractivity contribution is 5.99. The van der Waals surface area contributed by atoms with Crippen LogP contribution in [-0.4, -0.2) is 23.3 Å². The van der Waals surface area contributed by atoms with Crippen LogP contribution in [0.3, 0.4) is 0 Å². The zero-order valence-electron chi connectivity index (χ0n) is 8.84. The highest BCUT2D eigenvalue weighted by Crippen LogP contribution is 2.42. The SMILES string of the molecule is CC1Oc2cccc3c2C(O1)C(O)CC3=O. The second-order valence-corrected chi connectivity index (χ2v) is 4.15. The first-order valence-corrected chi connectivity index (χ1v) is 5.33. The molecule has 1 heterocycles. The molecule has 16 heavy (non-hydrogen) atoms. The Hall–Kier alpha value is -1.39. The minimum Gasteiger partial charge on any atom is -0.465 e. The third-order valence-electron chi connectivity index (χ3n) is 3.03. The first-order valence-electron chi connectivity index (χ1n) is 5.33. The van der Waals surface area contributed by atoms with Gasteiger partial charge in [0.1, 0.15) is 11.9 Å². The molecule has 3 atom stereocenters. The molecular formula is C12H12O4. The minimum atomic E-state index is -0.771. The number of ether oxygens (including phenoxy) is 2. The Labute approximate surface area is 92.8 Å². The maximum Gasteiger partial charge on any atom is 0.197 e. The van der Waals surface area contributed by atoms with E-state index in [2.05, 4.69) is 0 Å². The topological polar surface area (TPSA) is 55.8 Å². The fourth-order valence-corrected chi connectivity index (χ4v) is 2.35. The number of carbonyl (C=O) groups is 1. The van der Waals surface area contributed by atoms with Gasteiger partial charge in [0.25, 0.3) is 0 Å². The molecule has 0 saturated carbocycles. The van der Waals surface area contributed by atoms with Crippen molar-refractivity contribution in [3.05, 3.63) is 29.3 Å². The Morgan fingerprint density at radius 1 is 1.44 bits per heavy atom. The van der Waals surface area contributed by atoms with Gasteiger partial charge in [-0.3, -0.25) is 4.79 Å². The molecule has 0 bridgehead atoms. The lowest BCUT2D eigenvalue weighted by atomic mass is 9.85. The molecule has 4 heteroatoms. The van der Waals surface area contributed by atoms with E-state index in [-0.39, 0.29) is 12.2 Å². The standard InChI is InChI=1S/C12H12O4/c1-6-15-10-4-2-3-7-8(13)5-9(14)12(16-6)11(7)10/h2-4,6,9,12,14H,5H2,1H3. The zero-order valence-corrected chi connectivity index (χ0v) is 8.84. The maximum absolute atomic E-state index is 11.7. The van der Waals surface area contributed by atoms with E-state index in [1.807, 2.05) is 0 Å². The Bertz CT molecular complexity index is 454. The molecule has 1 aliphatic carbocycles. The number of hydrogen-bond acceptors (Lipinski definition) is 4. The molecule has 0 amide bonds. The summed E-state index contributed by atoms with van der Waals surface area (Å²) in [4.78, 5) is 11.7. The van der Waals surface area contributed by atoms with E-state index in [0.717, 1.165) is 0 Å². The molecule has 0 fully saturated rings. The molecule has 0 spiro atoms. The summed E-state index contributed by atoms with van der Waals surface area (Å²) in [6.45, 7) is 1.78. The van der Waals surface area contributed by atoms with Gasteiger partial charge < -0.3 is 14.6 Å². The summed E-state index contributed by atoms with van der Waals surface area (Å²) >= 11 is 0. The number of aliphatic hydroxyl groups is 1. The Balaban J connectivity index is 2.20. The van der Waals surface area contributed by atoms with E-state index in [9.17, 15) is 9.90 Å². The van der Waals surface area contributed by atoms with E-state index in [1.54, 1.807) is 25.1 Å². The van der Waals surface area contributed by atoms with Crippen LogP contribution in [-0.2, 0) is 4.74 Å². The monoisotopic (exact) mass is 220 g/mol. The van der Waals surface area contributed by atoms with Crippen LogP contribution in [0.15, 0.2) is 18.2 Å². The minimum absolute atomic E-state index is 0.0534. The van der Waals surface area contributed by atoms with Crippen molar-refractivity contribution in [2.24, 2.45) is 0 Å². The third-order valence-corrected chi connectivity index (χ3v) is 3.03. The average molecular weight is 220 g/mol. The van der Waals surface area contributed by atoms with Gasteiger partial charge in [-0.1, -0.05) is 12.1 Å². The van der Waals surface area contributed by atoms with Crippen molar-refractivity contribution in [2.45, 2.75) is 31.8 Å². The van der Waals surface area contributed by atoms with Gasteiger partial charge in [0, 0.05) is 17.5 Å². The van der Waals surface area contributed by atoms with Gasteiger partial charge in [0.2, 0.25) is 0 Å². The van der Waals surface area contributed by atoms with E-state index in [1.165, 1.54) is 0 Å². The van der Waals surface area contributed by atoms with Gasteiger partial charge >= 0.3 is 0 Å². The zero-order chi connectivity index (χ0) is 11.3. The molecule has 1 N–H and O–H groups in total. The highest BCUT2D eigenvalue weighted by atomic mass is 16.7. The molecule has 1 aromatic carbocycles. The first-order chi connectivity index (χ1) is 7.66. The van der Waals surface area contributed by atoms with Gasteiger partial charge in [-0.15, -0.1) is 0 Å². The largest absolute Gasteiger partial charge is 0.465 e. The number of rotatable bonds is 0. The normalized spacial score (nSPS) is 31.9. The van der Waals surface area contributed by atoms with Crippen molar-refractivity contribution in [1.82, 2.24) is 0 Å². The number of carbonyl (C=O) groups excluding carboxylic acids is 1. The summed E-state index contributed by atoms with van der Waals surface area (Å²) in [5.74, 6) is 0.593. The van der Waals surface area contributed by atoms with Gasteiger partial charge in [-0.05, 0) is 13.0 Å². The van der Waals surface area contributed by atoms with Gasteiger partial charge in [0.15, 0.2) is 12.1 Å². The van der Waals surface area contributed by atoms with Crippen LogP contribution in [0, 0.1) is 0 Å². The molecule has 4 nitrogen and oxygen atoms in total. The van der Waals surface area contributed by atoms with Gasteiger partial charge in [-0.2, -0.15) is 0 Å². The van der Waals surface area contributed by atoms with Crippen LogP contribution < -0.4 is 4.74 Å². The molecule has 84 valence electrons. The lowest BCUT2D eigenvalue weighted by Crippen LogP contribution is -2.38. The number of Topliss-reactive ketones (excluding diaryl/α,β-unsaturated/α-hetero) is 1. The summed E-state index contributed by atoms with van der Waals surface area (Å²) in [5.41, 5.74) is 1.31. The first kappa shape index (κ1) is 9.81. The second-order valence-electron chi connectivity index (χ2n) is 4.15. The molecule has 0 aromatic heterocycles. The van der Waals surface area contributed by atoms with Crippen LogP contribution in [0.1, 0.15) is 35.4 Å². The summed E-state index contributed by atoms with van der Waals surface area (Å²) in [6, 6.07) is 5.35. The molecule has 0 radical (unpaired) electrons. The van der Waals surface area contributed by atoms with Crippen LogP contribution in [0.25, 0.3) is 0 Å². The molecular weight excluding hydrogens is 208 g/mol. The Kier molecular flexibility index (Phi) is 2.02. The van der Waals surface area contributed by atoms with Crippen molar-refractivity contribution in [3.63, 3.8) is 0 Å². The lowest BCUT2D eigenvalue weighted by Gasteiger charge is -2.37. The Morgan fingerprint density at radius 3 is 3.06 bits per heavy atom. The molecule has 2 aliphatic rings. The molecule has 1 aromatic rings. The van der Waals surface area contributed by atoms with Gasteiger partial charge in [0.05, 0.1) is 6.10 Å². The summed E-state index contributed by atoms with van der Waals surface area (Å²) in [5, 5.41) is 9.86. The fraction of sp³-hybridized carbons (Fsp3) is 0.417. The smallest absolute Gasteiger partial charge is 0.197 e. The number of aliphatic hydroxyl groups excluding tert-OH is 1.